The van der Waals surface area contributed by atoms with E-state index in [4.69, 9.17) is 26.3 Å². The second-order valence-electron chi connectivity index (χ2n) is 6.24. The van der Waals surface area contributed by atoms with Crippen LogP contribution in [0.1, 0.15) is 22.8 Å². The van der Waals surface area contributed by atoms with Crippen molar-refractivity contribution in [2.45, 2.75) is 6.92 Å². The molecule has 0 aliphatic carbocycles. The number of aliphatic hydroxyl groups excluding tert-OH is 1. The van der Waals surface area contributed by atoms with Crippen LogP contribution in [0.3, 0.4) is 0 Å². The number of nitriles is 1. The first-order chi connectivity index (χ1) is 15.5. The quantitative estimate of drug-likeness (QED) is 0.597. The van der Waals surface area contributed by atoms with Gasteiger partial charge in [0.05, 0.1) is 22.1 Å². The Morgan fingerprint density at radius 3 is 2.66 bits per heavy atom. The van der Waals surface area contributed by atoms with E-state index in [0.29, 0.717) is 11.3 Å². The van der Waals surface area contributed by atoms with Crippen molar-refractivity contribution in [1.29, 1.82) is 5.26 Å². The molecule has 0 saturated heterocycles. The van der Waals surface area contributed by atoms with Gasteiger partial charge in [0, 0.05) is 5.56 Å². The Morgan fingerprint density at radius 2 is 1.94 bits per heavy atom. The summed E-state index contributed by atoms with van der Waals surface area (Å²) in [5, 5.41) is 19.7. The van der Waals surface area contributed by atoms with Crippen molar-refractivity contribution in [1.82, 2.24) is 0 Å². The van der Waals surface area contributed by atoms with Gasteiger partial charge >= 0.3 is 5.97 Å². The molecule has 1 N–H and O–H groups in total. The van der Waals surface area contributed by atoms with E-state index in [0.717, 1.165) is 11.8 Å². The molecule has 0 radical (unpaired) electrons. The van der Waals surface area contributed by atoms with Crippen molar-refractivity contribution in [3.63, 3.8) is 0 Å². The maximum atomic E-state index is 12.7. The molecule has 0 spiro atoms. The molecule has 32 heavy (non-hydrogen) atoms. The van der Waals surface area contributed by atoms with E-state index in [9.17, 15) is 14.7 Å². The van der Waals surface area contributed by atoms with E-state index in [-0.39, 0.29) is 45.1 Å². The summed E-state index contributed by atoms with van der Waals surface area (Å²) in [5.74, 6) is -1.41. The van der Waals surface area contributed by atoms with E-state index < -0.39 is 11.9 Å². The molecule has 9 heteroatoms. The summed E-state index contributed by atoms with van der Waals surface area (Å²) < 4.78 is 10.4. The molecule has 7 nitrogen and oxygen atoms in total. The fourth-order valence-corrected chi connectivity index (χ4v) is 3.98. The molecule has 2 aromatic carbocycles. The predicted molar refractivity (Wildman–Crippen MR) is 123 cm³/mol. The molecular weight excluding hydrogens is 452 g/mol. The number of hydrogen-bond acceptors (Lipinski definition) is 7. The Kier molecular flexibility index (Phi) is 7.71. The van der Waals surface area contributed by atoms with E-state index in [1.807, 2.05) is 6.07 Å². The largest absolute Gasteiger partial charge is 0.506 e. The second-order valence-corrected chi connectivity index (χ2v) is 7.68. The first-order valence-corrected chi connectivity index (χ1v) is 10.6. The number of halogens is 1. The number of thioether (sulfide) groups is 1. The minimum absolute atomic E-state index is 0.00690. The van der Waals surface area contributed by atoms with Gasteiger partial charge in [-0.15, -0.1) is 0 Å². The molecule has 3 rings (SSSR count). The maximum Gasteiger partial charge on any atom is 0.344 e. The highest BCUT2D eigenvalue weighted by Gasteiger charge is 2.34. The highest BCUT2D eigenvalue weighted by atomic mass is 35.5. The lowest BCUT2D eigenvalue weighted by Crippen LogP contribution is -2.14. The maximum absolute atomic E-state index is 12.7. The Bertz CT molecular complexity index is 1200. The number of aliphatic hydroxyl groups is 1. The number of amides is 1. The Morgan fingerprint density at radius 1 is 1.22 bits per heavy atom. The Labute approximate surface area is 193 Å². The number of ether oxygens (including phenoxy) is 2. The Hall–Kier alpha value is -3.54. The monoisotopic (exact) mass is 468 g/mol. The van der Waals surface area contributed by atoms with Gasteiger partial charge in [-0.3, -0.25) is 4.79 Å². The van der Waals surface area contributed by atoms with E-state index in [2.05, 4.69) is 4.99 Å². The molecule has 1 heterocycles. The standard InChI is InChI=1S/C23H17ClN2O5S/c1-2-30-23(29)19-20(27)18(13-14-7-3-6-10-17(14)31-12-11-25)32-22(19)26-21(28)15-8-4-5-9-16(15)24/h3-10,13,27H,2,12H2,1H3/b18-13+,26-22?. The van der Waals surface area contributed by atoms with Gasteiger partial charge in [0.2, 0.25) is 0 Å². The fraction of sp³-hybridized carbons (Fsp3) is 0.130. The molecule has 2 aromatic rings. The predicted octanol–water partition coefficient (Wildman–Crippen LogP) is 4.94. The fourth-order valence-electron chi connectivity index (χ4n) is 2.76. The van der Waals surface area contributed by atoms with Gasteiger partial charge in [-0.2, -0.15) is 5.26 Å². The SMILES string of the molecule is CCOC(=O)C1=C(O)/C(=C\c2ccccc2OCC#N)SC1=NC(=O)c1ccccc1Cl. The molecule has 0 bridgehead atoms. The summed E-state index contributed by atoms with van der Waals surface area (Å²) in [5.41, 5.74) is 0.523. The zero-order valence-electron chi connectivity index (χ0n) is 16.9. The van der Waals surface area contributed by atoms with Crippen LogP contribution in [0.5, 0.6) is 5.75 Å². The van der Waals surface area contributed by atoms with Gasteiger partial charge in [-0.05, 0) is 31.2 Å². The summed E-state index contributed by atoms with van der Waals surface area (Å²) in [6.07, 6.45) is 1.58. The van der Waals surface area contributed by atoms with Crippen LogP contribution < -0.4 is 4.74 Å². The molecular formula is C23H17ClN2O5S. The number of esters is 1. The minimum Gasteiger partial charge on any atom is -0.506 e. The van der Waals surface area contributed by atoms with Crippen molar-refractivity contribution in [2.75, 3.05) is 13.2 Å². The molecule has 0 aromatic heterocycles. The third-order valence-corrected chi connectivity index (χ3v) is 5.52. The molecule has 0 fully saturated rings. The highest BCUT2D eigenvalue weighted by Crippen LogP contribution is 2.40. The lowest BCUT2D eigenvalue weighted by molar-refractivity contribution is -0.138. The second kappa shape index (κ2) is 10.7. The van der Waals surface area contributed by atoms with Crippen LogP contribution in [0.15, 0.2) is 69.8 Å². The van der Waals surface area contributed by atoms with Crippen LogP contribution in [0.25, 0.3) is 6.08 Å². The third kappa shape index (κ3) is 5.19. The van der Waals surface area contributed by atoms with E-state index in [1.54, 1.807) is 55.5 Å². The van der Waals surface area contributed by atoms with Gasteiger partial charge in [0.25, 0.3) is 5.91 Å². The van der Waals surface area contributed by atoms with Crippen LogP contribution >= 0.6 is 23.4 Å². The van der Waals surface area contributed by atoms with Gasteiger partial charge < -0.3 is 14.6 Å². The van der Waals surface area contributed by atoms with Crippen molar-refractivity contribution in [2.24, 2.45) is 4.99 Å². The zero-order chi connectivity index (χ0) is 23.1. The smallest absolute Gasteiger partial charge is 0.344 e. The molecule has 0 unspecified atom stereocenters. The number of hydrogen-bond donors (Lipinski definition) is 1. The lowest BCUT2D eigenvalue weighted by atomic mass is 10.1. The summed E-state index contributed by atoms with van der Waals surface area (Å²) >= 11 is 7.02. The number of aliphatic imine (C=N–C) groups is 1. The number of benzene rings is 2. The molecule has 162 valence electrons. The van der Waals surface area contributed by atoms with Crippen molar-refractivity contribution in [3.8, 4) is 11.8 Å². The average molecular weight is 469 g/mol. The zero-order valence-corrected chi connectivity index (χ0v) is 18.4. The summed E-state index contributed by atoms with van der Waals surface area (Å²) in [4.78, 5) is 29.5. The first kappa shape index (κ1) is 23.1. The van der Waals surface area contributed by atoms with Gasteiger partial charge in [0.15, 0.2) is 6.61 Å². The van der Waals surface area contributed by atoms with Crippen molar-refractivity contribution >= 4 is 46.4 Å². The number of rotatable bonds is 6. The number of carbonyl (C=O) groups excluding carboxylic acids is 2. The molecule has 1 aliphatic rings. The van der Waals surface area contributed by atoms with Crippen LogP contribution in [-0.2, 0) is 9.53 Å². The van der Waals surface area contributed by atoms with Gasteiger partial charge in [0.1, 0.15) is 28.2 Å². The highest BCUT2D eigenvalue weighted by molar-refractivity contribution is 8.18. The van der Waals surface area contributed by atoms with Crippen molar-refractivity contribution < 1.29 is 24.2 Å². The summed E-state index contributed by atoms with van der Waals surface area (Å²) in [6.45, 7) is 1.56. The van der Waals surface area contributed by atoms with E-state index >= 15 is 0 Å². The molecule has 0 atom stereocenters. The topological polar surface area (TPSA) is 109 Å². The molecule has 1 aliphatic heterocycles. The van der Waals surface area contributed by atoms with Gasteiger partial charge in [-0.25, -0.2) is 9.79 Å². The van der Waals surface area contributed by atoms with Crippen LogP contribution in [0.2, 0.25) is 5.02 Å². The first-order valence-electron chi connectivity index (χ1n) is 9.43. The number of carbonyl (C=O) groups is 2. The molecule has 1 amide bonds. The average Bonchev–Trinajstić information content (AvgIpc) is 3.08. The number of nitrogens with zero attached hydrogens (tertiary/aromatic N) is 2. The normalized spacial score (nSPS) is 15.7. The lowest BCUT2D eigenvalue weighted by Gasteiger charge is -2.06. The van der Waals surface area contributed by atoms with Crippen LogP contribution in [0.4, 0.5) is 0 Å². The van der Waals surface area contributed by atoms with Gasteiger partial charge in [-0.1, -0.05) is 53.7 Å². The van der Waals surface area contributed by atoms with E-state index in [1.165, 1.54) is 6.07 Å². The minimum atomic E-state index is -0.805. The van der Waals surface area contributed by atoms with Crippen LogP contribution in [-0.4, -0.2) is 35.2 Å². The summed E-state index contributed by atoms with van der Waals surface area (Å²) in [7, 11) is 0. The number of para-hydroxylation sites is 1. The van der Waals surface area contributed by atoms with Crippen molar-refractivity contribution in [3.05, 3.63) is 80.9 Å². The Balaban J connectivity index is 2.04. The summed E-state index contributed by atoms with van der Waals surface area (Å²) in [6, 6.07) is 15.2. The third-order valence-electron chi connectivity index (χ3n) is 4.18. The van der Waals surface area contributed by atoms with Crippen LogP contribution in [0, 0.1) is 11.3 Å². The molecule has 0 saturated carbocycles.